The zero-order valence-electron chi connectivity index (χ0n) is 23.5. The van der Waals surface area contributed by atoms with E-state index < -0.39 is 12.1 Å². The van der Waals surface area contributed by atoms with Gasteiger partial charge in [0.2, 0.25) is 11.8 Å². The molecule has 2 atom stereocenters. The van der Waals surface area contributed by atoms with Crippen LogP contribution in [0.3, 0.4) is 0 Å². The van der Waals surface area contributed by atoms with Gasteiger partial charge in [0.15, 0.2) is 0 Å². The predicted octanol–water partition coefficient (Wildman–Crippen LogP) is 3.15. The zero-order chi connectivity index (χ0) is 28.1. The Balaban J connectivity index is 1.27. The highest BCUT2D eigenvalue weighted by molar-refractivity contribution is 5.93. The largest absolute Gasteiger partial charge is 0.383 e. The first-order chi connectivity index (χ1) is 19.4. The molecule has 4 amide bonds. The molecule has 5 rings (SSSR count). The van der Waals surface area contributed by atoms with Crippen molar-refractivity contribution in [3.05, 3.63) is 36.0 Å². The number of nitrogens with two attached hydrogens (primary N) is 1. The summed E-state index contributed by atoms with van der Waals surface area (Å²) in [5.74, 6) is 0.627. The Bertz CT molecular complexity index is 1210. The number of ether oxygens (including phenoxy) is 1. The van der Waals surface area contributed by atoms with Crippen LogP contribution in [0.1, 0.15) is 56.9 Å². The number of nitrogens with one attached hydrogen (secondary N) is 1. The molecule has 1 aromatic heterocycles. The second-order valence-corrected chi connectivity index (χ2v) is 11.4. The molecule has 0 bridgehead atoms. The second kappa shape index (κ2) is 12.8. The SMILES string of the molecule is CN(C(=O)N1CCOCC1)C(CC1CCCCC1)C(=O)N1CCCC1C(=O)NCc1ccc2c(N)nccc2c1. The number of hydrogen-bond acceptors (Lipinski definition) is 6. The van der Waals surface area contributed by atoms with E-state index in [2.05, 4.69) is 10.3 Å². The molecule has 3 heterocycles. The molecule has 2 unspecified atom stereocenters. The Morgan fingerprint density at radius 2 is 1.85 bits per heavy atom. The zero-order valence-corrected chi connectivity index (χ0v) is 23.5. The third kappa shape index (κ3) is 6.32. The minimum Gasteiger partial charge on any atom is -0.383 e. The summed E-state index contributed by atoms with van der Waals surface area (Å²) in [4.78, 5) is 50.2. The molecule has 3 fully saturated rings. The number of pyridine rings is 1. The highest BCUT2D eigenvalue weighted by atomic mass is 16.5. The number of amides is 4. The fourth-order valence-electron chi connectivity index (χ4n) is 6.44. The van der Waals surface area contributed by atoms with Gasteiger partial charge in [-0.15, -0.1) is 0 Å². The normalized spacial score (nSPS) is 20.9. The highest BCUT2D eigenvalue weighted by Crippen LogP contribution is 2.31. The molecular formula is C30H42N6O4. The molecule has 1 saturated carbocycles. The summed E-state index contributed by atoms with van der Waals surface area (Å²) >= 11 is 0. The smallest absolute Gasteiger partial charge is 0.320 e. The summed E-state index contributed by atoms with van der Waals surface area (Å²) < 4.78 is 5.42. The van der Waals surface area contributed by atoms with Crippen molar-refractivity contribution < 1.29 is 19.1 Å². The number of morpholine rings is 1. The van der Waals surface area contributed by atoms with Crippen LogP contribution in [0.2, 0.25) is 0 Å². The van der Waals surface area contributed by atoms with Gasteiger partial charge in [0.05, 0.1) is 13.2 Å². The number of carbonyl (C=O) groups excluding carboxylic acids is 3. The van der Waals surface area contributed by atoms with E-state index in [1.54, 1.807) is 27.9 Å². The molecule has 2 aromatic rings. The summed E-state index contributed by atoms with van der Waals surface area (Å²) in [5.41, 5.74) is 6.92. The Labute approximate surface area is 236 Å². The van der Waals surface area contributed by atoms with Gasteiger partial charge < -0.3 is 30.5 Å². The summed E-state index contributed by atoms with van der Waals surface area (Å²) in [6.07, 6.45) is 9.43. The number of benzene rings is 1. The van der Waals surface area contributed by atoms with E-state index in [9.17, 15) is 14.4 Å². The quantitative estimate of drug-likeness (QED) is 0.546. The Kier molecular flexibility index (Phi) is 9.04. The number of likely N-dealkylation sites (N-methyl/N-ethyl adjacent to an activating group) is 1. The van der Waals surface area contributed by atoms with Crippen molar-refractivity contribution in [2.24, 2.45) is 5.92 Å². The Morgan fingerprint density at radius 3 is 2.62 bits per heavy atom. The predicted molar refractivity (Wildman–Crippen MR) is 153 cm³/mol. The van der Waals surface area contributed by atoms with Gasteiger partial charge in [-0.05, 0) is 48.3 Å². The average molecular weight is 551 g/mol. The number of rotatable bonds is 7. The van der Waals surface area contributed by atoms with Crippen molar-refractivity contribution in [1.82, 2.24) is 25.0 Å². The number of nitrogen functional groups attached to an aromatic ring is 1. The van der Waals surface area contributed by atoms with Crippen LogP contribution < -0.4 is 11.1 Å². The van der Waals surface area contributed by atoms with Gasteiger partial charge in [-0.1, -0.05) is 44.2 Å². The molecule has 0 spiro atoms. The molecule has 3 aliphatic rings. The number of aromatic nitrogens is 1. The van der Waals surface area contributed by atoms with Crippen molar-refractivity contribution in [2.75, 3.05) is 45.6 Å². The van der Waals surface area contributed by atoms with E-state index in [1.807, 2.05) is 24.3 Å². The van der Waals surface area contributed by atoms with Crippen LogP contribution in [0.25, 0.3) is 10.8 Å². The monoisotopic (exact) mass is 550 g/mol. The fraction of sp³-hybridized carbons (Fsp3) is 0.600. The molecule has 0 radical (unpaired) electrons. The molecule has 40 heavy (non-hydrogen) atoms. The van der Waals surface area contributed by atoms with Crippen molar-refractivity contribution >= 4 is 34.4 Å². The van der Waals surface area contributed by atoms with Crippen molar-refractivity contribution in [3.63, 3.8) is 0 Å². The van der Waals surface area contributed by atoms with Crippen molar-refractivity contribution in [1.29, 1.82) is 0 Å². The van der Waals surface area contributed by atoms with E-state index in [4.69, 9.17) is 10.5 Å². The number of anilines is 1. The fourth-order valence-corrected chi connectivity index (χ4v) is 6.44. The van der Waals surface area contributed by atoms with Gasteiger partial charge in [0.1, 0.15) is 17.9 Å². The molecule has 10 heteroatoms. The summed E-state index contributed by atoms with van der Waals surface area (Å²) in [7, 11) is 1.75. The number of urea groups is 1. The number of fused-ring (bicyclic) bond motifs is 1. The number of carbonyl (C=O) groups is 3. The summed E-state index contributed by atoms with van der Waals surface area (Å²) in [6.45, 7) is 2.96. The number of nitrogens with zero attached hydrogens (tertiary/aromatic N) is 4. The van der Waals surface area contributed by atoms with Crippen molar-refractivity contribution in [3.8, 4) is 0 Å². The molecule has 1 aliphatic carbocycles. The molecule has 2 saturated heterocycles. The van der Waals surface area contributed by atoms with E-state index in [1.165, 1.54) is 19.3 Å². The van der Waals surface area contributed by atoms with Crippen LogP contribution in [-0.2, 0) is 20.9 Å². The van der Waals surface area contributed by atoms with Gasteiger partial charge in [-0.2, -0.15) is 0 Å². The van der Waals surface area contributed by atoms with Crippen LogP contribution in [-0.4, -0.2) is 89.5 Å². The van der Waals surface area contributed by atoms with E-state index in [0.717, 1.165) is 35.6 Å². The minimum atomic E-state index is -0.577. The lowest BCUT2D eigenvalue weighted by atomic mass is 9.84. The molecule has 1 aromatic carbocycles. The Hall–Kier alpha value is -3.40. The van der Waals surface area contributed by atoms with Crippen LogP contribution in [0, 0.1) is 5.92 Å². The van der Waals surface area contributed by atoms with E-state index in [0.29, 0.717) is 64.0 Å². The third-order valence-electron chi connectivity index (χ3n) is 8.78. The van der Waals surface area contributed by atoms with Crippen LogP contribution in [0.5, 0.6) is 0 Å². The first kappa shape index (κ1) is 28.1. The van der Waals surface area contributed by atoms with E-state index >= 15 is 0 Å². The molecule has 2 aliphatic heterocycles. The number of hydrogen-bond donors (Lipinski definition) is 2. The summed E-state index contributed by atoms with van der Waals surface area (Å²) in [6, 6.07) is 6.50. The van der Waals surface area contributed by atoms with E-state index in [-0.39, 0.29) is 17.8 Å². The Morgan fingerprint density at radius 1 is 1.07 bits per heavy atom. The number of likely N-dealkylation sites (tertiary alicyclic amines) is 1. The standard InChI is InChI=1S/C30H42N6O4/c1-34(30(39)35-14-16-40-17-15-35)26(19-21-6-3-2-4-7-21)29(38)36-13-5-8-25(36)28(37)33-20-22-9-10-24-23(18-22)11-12-32-27(24)31/h9-12,18,21,25-26H,2-8,13-17,19-20H2,1H3,(H2,31,32)(H,33,37). The maximum Gasteiger partial charge on any atom is 0.320 e. The van der Waals surface area contributed by atoms with Gasteiger partial charge in [0.25, 0.3) is 0 Å². The highest BCUT2D eigenvalue weighted by Gasteiger charge is 2.41. The van der Waals surface area contributed by atoms with Crippen LogP contribution in [0.4, 0.5) is 10.6 Å². The van der Waals surface area contributed by atoms with Gasteiger partial charge in [0, 0.05) is 44.8 Å². The maximum atomic E-state index is 14.1. The topological polar surface area (TPSA) is 121 Å². The van der Waals surface area contributed by atoms with Gasteiger partial charge >= 0.3 is 6.03 Å². The molecule has 216 valence electrons. The average Bonchev–Trinajstić information content (AvgIpc) is 3.49. The third-order valence-corrected chi connectivity index (χ3v) is 8.78. The second-order valence-electron chi connectivity index (χ2n) is 11.4. The van der Waals surface area contributed by atoms with Crippen molar-refractivity contribution in [2.45, 2.75) is 70.0 Å². The lowest BCUT2D eigenvalue weighted by molar-refractivity contribution is -0.142. The summed E-state index contributed by atoms with van der Waals surface area (Å²) in [5, 5.41) is 4.89. The van der Waals surface area contributed by atoms with Gasteiger partial charge in [-0.3, -0.25) is 9.59 Å². The minimum absolute atomic E-state index is 0.110. The van der Waals surface area contributed by atoms with Gasteiger partial charge in [-0.25, -0.2) is 9.78 Å². The molecule has 3 N–H and O–H groups in total. The maximum absolute atomic E-state index is 14.1. The molecule has 10 nitrogen and oxygen atoms in total. The van der Waals surface area contributed by atoms with Crippen LogP contribution >= 0.6 is 0 Å². The first-order valence-electron chi connectivity index (χ1n) is 14.7. The first-order valence-corrected chi connectivity index (χ1v) is 14.7. The molecular weight excluding hydrogens is 508 g/mol. The van der Waals surface area contributed by atoms with Crippen LogP contribution in [0.15, 0.2) is 30.5 Å². The lowest BCUT2D eigenvalue weighted by Gasteiger charge is -2.38. The lowest BCUT2D eigenvalue weighted by Crippen LogP contribution is -2.57.